The second-order valence-corrected chi connectivity index (χ2v) is 9.82. The maximum atomic E-state index is 13.7. The number of halogens is 2. The summed E-state index contributed by atoms with van der Waals surface area (Å²) in [6, 6.07) is 14.5. The summed E-state index contributed by atoms with van der Waals surface area (Å²) in [4.78, 5) is 12.3. The zero-order valence-electron chi connectivity index (χ0n) is 15.2. The molecule has 2 atom stereocenters. The summed E-state index contributed by atoms with van der Waals surface area (Å²) >= 11 is 6.60. The standard InChI is InChI=1S/C20H17ClFNO4S2/c1-12(13-5-3-2-4-6-13)19(20(24)25)23-29(26,27)18-10-9-17(28-18)14-7-8-15(21)16(22)11-14/h2-12,19,23H,1H3,(H,24,25). The van der Waals surface area contributed by atoms with Crippen molar-refractivity contribution in [1.82, 2.24) is 4.72 Å². The Kier molecular flexibility index (Phi) is 6.38. The molecular weight excluding hydrogens is 437 g/mol. The number of carboxylic acids is 1. The van der Waals surface area contributed by atoms with Gasteiger partial charge in [0.05, 0.1) is 5.02 Å². The first-order valence-corrected chi connectivity index (χ1v) is 11.2. The van der Waals surface area contributed by atoms with E-state index in [-0.39, 0.29) is 9.23 Å². The number of hydrogen-bond acceptors (Lipinski definition) is 4. The number of hydrogen-bond donors (Lipinski definition) is 2. The van der Waals surface area contributed by atoms with Crippen LogP contribution >= 0.6 is 22.9 Å². The molecule has 29 heavy (non-hydrogen) atoms. The van der Waals surface area contributed by atoms with E-state index in [2.05, 4.69) is 4.72 Å². The number of carbonyl (C=O) groups is 1. The highest BCUT2D eigenvalue weighted by molar-refractivity contribution is 7.91. The number of carboxylic acid groups (broad SMARTS) is 1. The van der Waals surface area contributed by atoms with Crippen LogP contribution in [0.2, 0.25) is 5.02 Å². The average molecular weight is 454 g/mol. The first kappa shape index (κ1) is 21.4. The first-order valence-electron chi connectivity index (χ1n) is 8.54. The van der Waals surface area contributed by atoms with Crippen molar-refractivity contribution in [2.75, 3.05) is 0 Å². The van der Waals surface area contributed by atoms with Crippen LogP contribution in [0.4, 0.5) is 4.39 Å². The van der Waals surface area contributed by atoms with Crippen molar-refractivity contribution in [1.29, 1.82) is 0 Å². The van der Waals surface area contributed by atoms with Crippen LogP contribution in [0.3, 0.4) is 0 Å². The van der Waals surface area contributed by atoms with Gasteiger partial charge in [-0.1, -0.05) is 54.9 Å². The third-order valence-electron chi connectivity index (χ3n) is 4.42. The van der Waals surface area contributed by atoms with Crippen LogP contribution in [0.5, 0.6) is 0 Å². The van der Waals surface area contributed by atoms with Gasteiger partial charge in [0, 0.05) is 10.8 Å². The number of nitrogens with one attached hydrogen (secondary N) is 1. The van der Waals surface area contributed by atoms with Crippen molar-refractivity contribution in [2.24, 2.45) is 0 Å². The van der Waals surface area contributed by atoms with Crippen molar-refractivity contribution < 1.29 is 22.7 Å². The maximum absolute atomic E-state index is 13.7. The summed E-state index contributed by atoms with van der Waals surface area (Å²) in [5.74, 6) is -2.47. The van der Waals surface area contributed by atoms with E-state index in [1.807, 2.05) is 0 Å². The third-order valence-corrected chi connectivity index (χ3v) is 7.80. The van der Waals surface area contributed by atoms with Gasteiger partial charge in [-0.15, -0.1) is 11.3 Å². The summed E-state index contributed by atoms with van der Waals surface area (Å²) < 4.78 is 41.5. The zero-order chi connectivity index (χ0) is 21.2. The normalized spacial score (nSPS) is 13.8. The molecule has 0 spiro atoms. The molecule has 0 aliphatic rings. The van der Waals surface area contributed by atoms with E-state index >= 15 is 0 Å². The lowest BCUT2D eigenvalue weighted by molar-refractivity contribution is -0.139. The van der Waals surface area contributed by atoms with E-state index in [4.69, 9.17) is 11.6 Å². The van der Waals surface area contributed by atoms with E-state index < -0.39 is 33.8 Å². The minimum absolute atomic E-state index is 0.0287. The Balaban J connectivity index is 1.87. The molecule has 0 saturated heterocycles. The number of sulfonamides is 1. The SMILES string of the molecule is CC(c1ccccc1)C(NS(=O)(=O)c1ccc(-c2ccc(Cl)c(F)c2)s1)C(=O)O. The molecule has 0 aliphatic carbocycles. The fourth-order valence-corrected chi connectivity index (χ4v) is 5.52. The maximum Gasteiger partial charge on any atom is 0.322 e. The summed E-state index contributed by atoms with van der Waals surface area (Å²) in [6.45, 7) is 1.65. The van der Waals surface area contributed by atoms with Crippen LogP contribution in [0, 0.1) is 5.82 Å². The van der Waals surface area contributed by atoms with Crippen molar-refractivity contribution in [3.63, 3.8) is 0 Å². The molecule has 0 amide bonds. The Labute approximate surface area is 176 Å². The van der Waals surface area contributed by atoms with Gasteiger partial charge in [0.2, 0.25) is 0 Å². The second kappa shape index (κ2) is 8.62. The predicted octanol–water partition coefficient (Wildman–Crippen LogP) is 4.74. The summed E-state index contributed by atoms with van der Waals surface area (Å²) in [7, 11) is -4.10. The van der Waals surface area contributed by atoms with Crippen LogP contribution in [-0.4, -0.2) is 25.5 Å². The average Bonchev–Trinajstić information content (AvgIpc) is 3.19. The Morgan fingerprint density at radius 1 is 1.14 bits per heavy atom. The van der Waals surface area contributed by atoms with Gasteiger partial charge in [-0.2, -0.15) is 4.72 Å². The minimum atomic E-state index is -4.10. The molecule has 0 aliphatic heterocycles. The second-order valence-electron chi connectivity index (χ2n) is 6.38. The van der Waals surface area contributed by atoms with Crippen molar-refractivity contribution in [3.05, 3.63) is 77.1 Å². The first-order chi connectivity index (χ1) is 13.7. The van der Waals surface area contributed by atoms with Gasteiger partial charge in [-0.25, -0.2) is 12.8 Å². The van der Waals surface area contributed by atoms with Crippen LogP contribution in [0.15, 0.2) is 64.9 Å². The lowest BCUT2D eigenvalue weighted by atomic mass is 9.94. The summed E-state index contributed by atoms with van der Waals surface area (Å²) in [5.41, 5.74) is 1.18. The van der Waals surface area contributed by atoms with Crippen LogP contribution in [-0.2, 0) is 14.8 Å². The third kappa shape index (κ3) is 4.84. The molecule has 0 bridgehead atoms. The largest absolute Gasteiger partial charge is 0.480 e. The highest BCUT2D eigenvalue weighted by Crippen LogP contribution is 2.33. The number of benzene rings is 2. The molecule has 2 N–H and O–H groups in total. The molecule has 2 aromatic carbocycles. The van der Waals surface area contributed by atoms with Gasteiger partial charge < -0.3 is 5.11 Å². The van der Waals surface area contributed by atoms with E-state index in [0.717, 1.165) is 11.3 Å². The van der Waals surface area contributed by atoms with Gasteiger partial charge in [-0.3, -0.25) is 4.79 Å². The lowest BCUT2D eigenvalue weighted by Crippen LogP contribution is -2.43. The Morgan fingerprint density at radius 2 is 1.83 bits per heavy atom. The number of thiophene rings is 1. The topological polar surface area (TPSA) is 83.5 Å². The molecule has 1 aromatic heterocycles. The molecule has 0 radical (unpaired) electrons. The molecule has 5 nitrogen and oxygen atoms in total. The van der Waals surface area contributed by atoms with Gasteiger partial charge in [-0.05, 0) is 35.4 Å². The smallest absolute Gasteiger partial charge is 0.322 e. The van der Waals surface area contributed by atoms with E-state index in [1.54, 1.807) is 43.3 Å². The van der Waals surface area contributed by atoms with E-state index in [0.29, 0.717) is 16.0 Å². The molecule has 0 saturated carbocycles. The molecule has 9 heteroatoms. The Hall–Kier alpha value is -2.26. The monoisotopic (exact) mass is 453 g/mol. The van der Waals surface area contributed by atoms with Crippen molar-refractivity contribution >= 4 is 38.9 Å². The van der Waals surface area contributed by atoms with Crippen LogP contribution in [0.25, 0.3) is 10.4 Å². The van der Waals surface area contributed by atoms with Gasteiger partial charge in [0.25, 0.3) is 10.0 Å². The molecule has 2 unspecified atom stereocenters. The Bertz CT molecular complexity index is 1130. The summed E-state index contributed by atoms with van der Waals surface area (Å²) in [5, 5.41) is 9.55. The van der Waals surface area contributed by atoms with Crippen LogP contribution < -0.4 is 4.72 Å². The van der Waals surface area contributed by atoms with Crippen molar-refractivity contribution in [2.45, 2.75) is 23.1 Å². The van der Waals surface area contributed by atoms with E-state index in [9.17, 15) is 22.7 Å². The van der Waals surface area contributed by atoms with Crippen molar-refractivity contribution in [3.8, 4) is 10.4 Å². The van der Waals surface area contributed by atoms with E-state index in [1.165, 1.54) is 24.3 Å². The molecule has 3 rings (SSSR count). The fourth-order valence-electron chi connectivity index (χ4n) is 2.81. The van der Waals surface area contributed by atoms with Crippen LogP contribution in [0.1, 0.15) is 18.4 Å². The number of rotatable bonds is 7. The Morgan fingerprint density at radius 3 is 2.45 bits per heavy atom. The lowest BCUT2D eigenvalue weighted by Gasteiger charge is -2.21. The summed E-state index contributed by atoms with van der Waals surface area (Å²) in [6.07, 6.45) is 0. The molecular formula is C20H17ClFNO4S2. The fraction of sp³-hybridized carbons (Fsp3) is 0.150. The molecule has 0 fully saturated rings. The molecule has 3 aromatic rings. The zero-order valence-corrected chi connectivity index (χ0v) is 17.6. The van der Waals surface area contributed by atoms with Gasteiger partial charge in [0.15, 0.2) is 0 Å². The minimum Gasteiger partial charge on any atom is -0.480 e. The molecule has 152 valence electrons. The quantitative estimate of drug-likeness (QED) is 0.541. The highest BCUT2D eigenvalue weighted by Gasteiger charge is 2.31. The number of aliphatic carboxylic acids is 1. The van der Waals surface area contributed by atoms with Gasteiger partial charge in [0.1, 0.15) is 16.1 Å². The molecule has 1 heterocycles. The predicted molar refractivity (Wildman–Crippen MR) is 111 cm³/mol. The van der Waals surface area contributed by atoms with Gasteiger partial charge >= 0.3 is 5.97 Å². The highest BCUT2D eigenvalue weighted by atomic mass is 35.5.